The Hall–Kier alpha value is -1.17. The Labute approximate surface area is 128 Å². The van der Waals surface area contributed by atoms with Gasteiger partial charge in [-0.1, -0.05) is 35.3 Å². The number of aromatic nitrogens is 1. The van der Waals surface area contributed by atoms with Crippen LogP contribution < -0.4 is 0 Å². The van der Waals surface area contributed by atoms with E-state index in [2.05, 4.69) is 4.98 Å². The van der Waals surface area contributed by atoms with Gasteiger partial charge < -0.3 is 4.74 Å². The first-order valence-electron chi connectivity index (χ1n) is 5.75. The molecule has 4 nitrogen and oxygen atoms in total. The van der Waals surface area contributed by atoms with Crippen LogP contribution in [0.2, 0.25) is 10.0 Å². The second-order valence-corrected chi connectivity index (χ2v) is 6.00. The molecule has 0 N–H and O–H groups in total. The van der Waals surface area contributed by atoms with Crippen LogP contribution in [0, 0.1) is 0 Å². The first kappa shape index (κ1) is 15.2. The van der Waals surface area contributed by atoms with Crippen LogP contribution in [-0.4, -0.2) is 28.0 Å². The lowest BCUT2D eigenvalue weighted by atomic mass is 10.1. The van der Waals surface area contributed by atoms with Crippen LogP contribution in [-0.2, 0) is 15.5 Å². The van der Waals surface area contributed by atoms with Gasteiger partial charge in [0.2, 0.25) is 0 Å². The van der Waals surface area contributed by atoms with Gasteiger partial charge in [0.1, 0.15) is 10.6 Å². The van der Waals surface area contributed by atoms with Gasteiger partial charge >= 0.3 is 5.97 Å². The van der Waals surface area contributed by atoms with E-state index in [0.29, 0.717) is 15.9 Å². The van der Waals surface area contributed by atoms with Gasteiger partial charge in [0.15, 0.2) is 0 Å². The summed E-state index contributed by atoms with van der Waals surface area (Å²) in [5.41, 5.74) is 0.446. The van der Waals surface area contributed by atoms with Gasteiger partial charge in [0.25, 0.3) is 0 Å². The highest BCUT2D eigenvalue weighted by molar-refractivity contribution is 7.84. The van der Waals surface area contributed by atoms with E-state index in [1.807, 2.05) is 0 Å². The summed E-state index contributed by atoms with van der Waals surface area (Å²) in [7, 11) is -1.49. The number of carbonyl (C=O) groups excluding carboxylic acids is 1. The van der Waals surface area contributed by atoms with E-state index in [9.17, 15) is 9.00 Å². The molecule has 7 heteroatoms. The second-order valence-electron chi connectivity index (χ2n) is 3.92. The van der Waals surface area contributed by atoms with Crippen molar-refractivity contribution in [1.29, 1.82) is 0 Å². The van der Waals surface area contributed by atoms with Gasteiger partial charge in [-0.3, -0.25) is 4.21 Å². The van der Waals surface area contributed by atoms with Crippen molar-refractivity contribution in [3.05, 3.63) is 33.8 Å². The summed E-state index contributed by atoms with van der Waals surface area (Å²) in [6.45, 7) is 1.87. The van der Waals surface area contributed by atoms with Crippen molar-refractivity contribution in [2.75, 3.05) is 12.9 Å². The predicted octanol–water partition coefficient (Wildman–Crippen LogP) is 3.46. The average molecular weight is 332 g/mol. The largest absolute Gasteiger partial charge is 0.462 e. The summed E-state index contributed by atoms with van der Waals surface area (Å²) in [5.74, 6) is -0.642. The van der Waals surface area contributed by atoms with Crippen molar-refractivity contribution in [2.24, 2.45) is 0 Å². The summed E-state index contributed by atoms with van der Waals surface area (Å²) < 4.78 is 16.8. The van der Waals surface area contributed by atoms with Crippen molar-refractivity contribution in [2.45, 2.75) is 11.9 Å². The number of fused-ring (bicyclic) bond motifs is 1. The molecule has 1 atom stereocenters. The molecule has 0 saturated heterocycles. The van der Waals surface area contributed by atoms with Crippen molar-refractivity contribution in [3.63, 3.8) is 0 Å². The number of carbonyl (C=O) groups is 1. The molecule has 0 aliphatic carbocycles. The first-order chi connectivity index (χ1) is 9.47. The molecule has 0 unspecified atom stereocenters. The standard InChI is InChI=1S/C13H11Cl2NO3S/c1-3-19-13(17)9-10(15)7-5-4-6-8(14)11(7)16-12(9)20(2)18/h4-6H,3H2,1-2H3/t20-/m1/s1. The lowest BCUT2D eigenvalue weighted by molar-refractivity contribution is 0.0521. The number of esters is 1. The number of benzene rings is 1. The van der Waals surface area contributed by atoms with Gasteiger partial charge in [-0.25, -0.2) is 9.78 Å². The van der Waals surface area contributed by atoms with Crippen LogP contribution in [0.1, 0.15) is 17.3 Å². The molecule has 0 bridgehead atoms. The minimum atomic E-state index is -1.49. The lowest BCUT2D eigenvalue weighted by Gasteiger charge is -2.11. The Morgan fingerprint density at radius 1 is 1.40 bits per heavy atom. The summed E-state index contributed by atoms with van der Waals surface area (Å²) in [6.07, 6.45) is 1.42. The van der Waals surface area contributed by atoms with Gasteiger partial charge in [0.05, 0.1) is 33.0 Å². The molecule has 20 heavy (non-hydrogen) atoms. The zero-order valence-corrected chi connectivity index (χ0v) is 13.1. The molecule has 0 fully saturated rings. The number of halogens is 2. The van der Waals surface area contributed by atoms with E-state index in [1.54, 1.807) is 25.1 Å². The van der Waals surface area contributed by atoms with Crippen LogP contribution >= 0.6 is 23.2 Å². The maximum absolute atomic E-state index is 12.0. The minimum absolute atomic E-state index is 0.0316. The van der Waals surface area contributed by atoms with Crippen molar-refractivity contribution < 1.29 is 13.7 Å². The number of hydrogen-bond donors (Lipinski definition) is 0. The molecule has 0 amide bonds. The minimum Gasteiger partial charge on any atom is -0.462 e. The lowest BCUT2D eigenvalue weighted by Crippen LogP contribution is -2.12. The molecule has 1 aromatic heterocycles. The SMILES string of the molecule is CCOC(=O)c1c([S@@](C)=O)nc2c(Cl)cccc2c1Cl. The van der Waals surface area contributed by atoms with E-state index in [4.69, 9.17) is 27.9 Å². The highest BCUT2D eigenvalue weighted by atomic mass is 35.5. The predicted molar refractivity (Wildman–Crippen MR) is 80.1 cm³/mol. The molecule has 106 valence electrons. The third-order valence-corrected chi connectivity index (χ3v) is 4.16. The maximum Gasteiger partial charge on any atom is 0.342 e. The topological polar surface area (TPSA) is 56.3 Å². The zero-order valence-electron chi connectivity index (χ0n) is 10.8. The first-order valence-corrected chi connectivity index (χ1v) is 8.07. The summed E-state index contributed by atoms with van der Waals surface area (Å²) in [4.78, 5) is 16.2. The average Bonchev–Trinajstić information content (AvgIpc) is 2.39. The quantitative estimate of drug-likeness (QED) is 0.808. The third kappa shape index (κ3) is 2.66. The van der Waals surface area contributed by atoms with Crippen molar-refractivity contribution in [3.8, 4) is 0 Å². The smallest absolute Gasteiger partial charge is 0.342 e. The highest BCUT2D eigenvalue weighted by Gasteiger charge is 2.24. The summed E-state index contributed by atoms with van der Waals surface area (Å²) in [6, 6.07) is 5.05. The Balaban J connectivity index is 2.84. The molecular weight excluding hydrogens is 321 g/mol. The summed E-state index contributed by atoms with van der Waals surface area (Å²) >= 11 is 12.3. The van der Waals surface area contributed by atoms with Crippen LogP contribution in [0.5, 0.6) is 0 Å². The molecule has 0 saturated carbocycles. The third-order valence-electron chi connectivity index (χ3n) is 2.62. The Bertz CT molecular complexity index is 718. The number of rotatable bonds is 3. The monoisotopic (exact) mass is 331 g/mol. The molecule has 0 spiro atoms. The molecular formula is C13H11Cl2NO3S. The van der Waals surface area contributed by atoms with Crippen molar-refractivity contribution >= 4 is 50.9 Å². The molecule has 1 heterocycles. The number of ether oxygens (including phenoxy) is 1. The van der Waals surface area contributed by atoms with Gasteiger partial charge in [-0.05, 0) is 13.0 Å². The Kier molecular flexibility index (Phi) is 4.62. The van der Waals surface area contributed by atoms with E-state index in [0.717, 1.165) is 0 Å². The van der Waals surface area contributed by atoms with Crippen LogP contribution in [0.15, 0.2) is 23.2 Å². The van der Waals surface area contributed by atoms with Crippen LogP contribution in [0.4, 0.5) is 0 Å². The Morgan fingerprint density at radius 2 is 2.10 bits per heavy atom. The van der Waals surface area contributed by atoms with E-state index in [-0.39, 0.29) is 22.2 Å². The molecule has 0 radical (unpaired) electrons. The number of nitrogens with zero attached hydrogens (tertiary/aromatic N) is 1. The van der Waals surface area contributed by atoms with Gasteiger partial charge in [0, 0.05) is 11.6 Å². The number of pyridine rings is 1. The fraction of sp³-hybridized carbons (Fsp3) is 0.231. The van der Waals surface area contributed by atoms with Gasteiger partial charge in [-0.2, -0.15) is 0 Å². The molecule has 2 rings (SSSR count). The summed E-state index contributed by atoms with van der Waals surface area (Å²) in [5, 5.41) is 1.14. The van der Waals surface area contributed by atoms with E-state index < -0.39 is 16.8 Å². The van der Waals surface area contributed by atoms with E-state index >= 15 is 0 Å². The molecule has 2 aromatic rings. The number of para-hydroxylation sites is 1. The Morgan fingerprint density at radius 3 is 2.70 bits per heavy atom. The fourth-order valence-electron chi connectivity index (χ4n) is 1.78. The maximum atomic E-state index is 12.0. The normalized spacial score (nSPS) is 12.4. The van der Waals surface area contributed by atoms with Crippen molar-refractivity contribution in [1.82, 2.24) is 4.98 Å². The molecule has 1 aromatic carbocycles. The highest BCUT2D eigenvalue weighted by Crippen LogP contribution is 2.33. The van der Waals surface area contributed by atoms with Gasteiger partial charge in [-0.15, -0.1) is 0 Å². The van der Waals surface area contributed by atoms with Crippen LogP contribution in [0.25, 0.3) is 10.9 Å². The zero-order chi connectivity index (χ0) is 14.9. The molecule has 0 aliphatic heterocycles. The molecule has 0 aliphatic rings. The fourth-order valence-corrected chi connectivity index (χ4v) is 3.06. The van der Waals surface area contributed by atoms with Crippen LogP contribution in [0.3, 0.4) is 0 Å². The number of hydrogen-bond acceptors (Lipinski definition) is 4. The second kappa shape index (κ2) is 6.08. The van der Waals surface area contributed by atoms with E-state index in [1.165, 1.54) is 6.26 Å².